The van der Waals surface area contributed by atoms with Crippen LogP contribution in [0.1, 0.15) is 73.1 Å². The number of nitrogens with one attached hydrogen (secondary N) is 2. The first kappa shape index (κ1) is 31.7. The average Bonchev–Trinajstić information content (AvgIpc) is 2.84. The third-order valence-electron chi connectivity index (χ3n) is 4.31. The molecule has 0 saturated heterocycles. The average molecular weight is 602 g/mol. The molecule has 2 rings (SSSR count). The Morgan fingerprint density at radius 1 is 0.697 bits per heavy atom. The van der Waals surface area contributed by atoms with Crippen molar-refractivity contribution >= 4 is 56.2 Å². The summed E-state index contributed by atoms with van der Waals surface area (Å²) in [5.41, 5.74) is 3.16. The van der Waals surface area contributed by atoms with Gasteiger partial charge in [0.2, 0.25) is 11.8 Å². The van der Waals surface area contributed by atoms with Crippen molar-refractivity contribution in [1.82, 2.24) is 11.0 Å². The normalized spacial score (nSPS) is 9.39. The molecule has 0 spiro atoms. The van der Waals surface area contributed by atoms with Gasteiger partial charge in [0, 0.05) is 21.2 Å². The topological polar surface area (TPSA) is 104 Å². The van der Waals surface area contributed by atoms with Gasteiger partial charge in [-0.15, -0.1) is 0 Å². The number of amides is 2. The number of carbonyl (C=O) groups is 2. The maximum absolute atomic E-state index is 10.7. The summed E-state index contributed by atoms with van der Waals surface area (Å²) < 4.78 is 3.27. The first-order valence-corrected chi connectivity index (χ1v) is 15.8. The van der Waals surface area contributed by atoms with Crippen molar-refractivity contribution in [2.24, 2.45) is 0 Å². The standard InChI is InChI=1S/2C7H5ClNO2.C6H13.C4H9.Sn/c2*8-6-3-1-5(2-4-6)7(10)9-11;1-3-5-6-4-2;1-3-4-2;/h2*1-4H,(H-,9,10,11);1,3-6H2,2H3;1,3-4H2,2H3;/q2*-1;;;+2. The maximum Gasteiger partial charge on any atom is 0.240 e. The van der Waals surface area contributed by atoms with Gasteiger partial charge >= 0.3 is 82.4 Å². The van der Waals surface area contributed by atoms with Crippen LogP contribution in [0.2, 0.25) is 18.9 Å². The predicted molar refractivity (Wildman–Crippen MR) is 139 cm³/mol. The zero-order valence-corrected chi connectivity index (χ0v) is 23.5. The van der Waals surface area contributed by atoms with Gasteiger partial charge in [-0.05, 0) is 48.5 Å². The Morgan fingerprint density at radius 2 is 1.09 bits per heavy atom. The molecule has 0 aliphatic carbocycles. The first-order chi connectivity index (χ1) is 15.9. The van der Waals surface area contributed by atoms with Crippen LogP contribution in [-0.4, -0.2) is 33.0 Å². The number of hydrogen-bond donors (Lipinski definition) is 2. The predicted octanol–water partition coefficient (Wildman–Crippen LogP) is 7.04. The molecule has 2 N–H and O–H groups in total. The molecular formula is C24H32Cl2N2O4Sn. The van der Waals surface area contributed by atoms with E-state index < -0.39 is 11.8 Å². The van der Waals surface area contributed by atoms with Crippen LogP contribution in [0, 0.1) is 10.4 Å². The van der Waals surface area contributed by atoms with Crippen LogP contribution in [0.5, 0.6) is 0 Å². The molecule has 0 bridgehead atoms. The molecule has 0 saturated carbocycles. The molecule has 2 aromatic carbocycles. The minimum Gasteiger partial charge on any atom is -0.759 e. The molecule has 0 radical (unpaired) electrons. The van der Waals surface area contributed by atoms with Crippen molar-refractivity contribution in [3.05, 3.63) is 80.1 Å². The van der Waals surface area contributed by atoms with E-state index in [4.69, 9.17) is 23.2 Å². The Balaban J connectivity index is 0.000000465. The third-order valence-corrected chi connectivity index (χ3v) is 8.85. The van der Waals surface area contributed by atoms with Gasteiger partial charge in [0.05, 0.1) is 0 Å². The maximum atomic E-state index is 10.7. The van der Waals surface area contributed by atoms with E-state index in [1.165, 1.54) is 67.3 Å². The zero-order chi connectivity index (χ0) is 24.9. The number of hydroxylamine groups is 2. The van der Waals surface area contributed by atoms with Crippen LogP contribution in [0.3, 0.4) is 0 Å². The summed E-state index contributed by atoms with van der Waals surface area (Å²) in [6.45, 7) is 4.59. The van der Waals surface area contributed by atoms with E-state index in [0.29, 0.717) is 21.2 Å². The molecule has 0 fully saturated rings. The molecule has 0 aromatic heterocycles. The Morgan fingerprint density at radius 3 is 1.45 bits per heavy atom. The fourth-order valence-electron chi connectivity index (χ4n) is 2.42. The Kier molecular flexibility index (Phi) is 20.4. The molecule has 33 heavy (non-hydrogen) atoms. The summed E-state index contributed by atoms with van der Waals surface area (Å²) in [5, 5.41) is 20.8. The van der Waals surface area contributed by atoms with Crippen molar-refractivity contribution in [2.45, 2.75) is 61.2 Å². The van der Waals surface area contributed by atoms with Gasteiger partial charge in [-0.3, -0.25) is 9.59 Å². The zero-order valence-electron chi connectivity index (χ0n) is 19.2. The Hall–Kier alpha value is -1.32. The molecule has 9 heteroatoms. The summed E-state index contributed by atoms with van der Waals surface area (Å²) in [6.07, 6.45) is 8.83. The number of carbonyl (C=O) groups excluding carboxylic acids is 2. The van der Waals surface area contributed by atoms with Crippen molar-refractivity contribution in [3.63, 3.8) is 0 Å². The van der Waals surface area contributed by atoms with E-state index in [1.807, 2.05) is 0 Å². The molecule has 0 unspecified atom stereocenters. The van der Waals surface area contributed by atoms with Crippen LogP contribution in [-0.2, 0) is 0 Å². The summed E-state index contributed by atoms with van der Waals surface area (Å²) in [6, 6.07) is 12.1. The van der Waals surface area contributed by atoms with Crippen LogP contribution in [0.15, 0.2) is 48.5 Å². The number of benzene rings is 2. The number of unbranched alkanes of at least 4 members (excludes halogenated alkanes) is 4. The van der Waals surface area contributed by atoms with E-state index >= 15 is 0 Å². The SMILES string of the molecule is CCCCC[CH2][Sn+2][CH2]CCC.O=C(N[O-])c1ccc(Cl)cc1.O=C(N[O-])c1ccc(Cl)cc1. The van der Waals surface area contributed by atoms with Gasteiger partial charge < -0.3 is 21.4 Å². The minimum absolute atomic E-state index is 0.127. The fraction of sp³-hybridized carbons (Fsp3) is 0.417. The second kappa shape index (κ2) is 21.2. The largest absolute Gasteiger partial charge is 0.759 e. The molecule has 2 amide bonds. The second-order valence-electron chi connectivity index (χ2n) is 7.04. The summed E-state index contributed by atoms with van der Waals surface area (Å²) in [5.74, 6) is -1.30. The third kappa shape index (κ3) is 16.9. The molecule has 0 aliphatic heterocycles. The van der Waals surface area contributed by atoms with E-state index in [-0.39, 0.29) is 21.1 Å². The minimum atomic E-state index is -0.651. The quantitative estimate of drug-likeness (QED) is 0.173. The Bertz CT molecular complexity index is 710. The monoisotopic (exact) mass is 602 g/mol. The Labute approximate surface area is 217 Å². The van der Waals surface area contributed by atoms with Crippen molar-refractivity contribution in [1.29, 1.82) is 0 Å². The molecule has 0 heterocycles. The van der Waals surface area contributed by atoms with Gasteiger partial charge in [0.1, 0.15) is 0 Å². The van der Waals surface area contributed by atoms with Crippen LogP contribution in [0.25, 0.3) is 0 Å². The summed E-state index contributed by atoms with van der Waals surface area (Å²) in [7, 11) is 0. The first-order valence-electron chi connectivity index (χ1n) is 11.0. The van der Waals surface area contributed by atoms with Crippen molar-refractivity contribution in [3.8, 4) is 0 Å². The number of rotatable bonds is 10. The summed E-state index contributed by atoms with van der Waals surface area (Å²) in [4.78, 5) is 21.3. The summed E-state index contributed by atoms with van der Waals surface area (Å²) >= 11 is 11.2. The van der Waals surface area contributed by atoms with Crippen LogP contribution in [0.4, 0.5) is 0 Å². The van der Waals surface area contributed by atoms with Crippen LogP contribution < -0.4 is 11.0 Å². The molecular weight excluding hydrogens is 570 g/mol. The van der Waals surface area contributed by atoms with Crippen molar-refractivity contribution in [2.75, 3.05) is 0 Å². The smallest absolute Gasteiger partial charge is 0.240 e. The van der Waals surface area contributed by atoms with E-state index in [0.717, 1.165) is 0 Å². The number of halogens is 2. The molecule has 180 valence electrons. The molecule has 6 nitrogen and oxygen atoms in total. The van der Waals surface area contributed by atoms with E-state index in [9.17, 15) is 20.0 Å². The number of hydrogen-bond acceptors (Lipinski definition) is 4. The van der Waals surface area contributed by atoms with Gasteiger partial charge in [0.25, 0.3) is 0 Å². The molecule has 0 atom stereocenters. The van der Waals surface area contributed by atoms with Gasteiger partial charge in [0.15, 0.2) is 0 Å². The molecule has 2 aromatic rings. The van der Waals surface area contributed by atoms with Crippen molar-refractivity contribution < 1.29 is 9.59 Å². The van der Waals surface area contributed by atoms with Gasteiger partial charge in [-0.25, -0.2) is 0 Å². The molecule has 0 aliphatic rings. The van der Waals surface area contributed by atoms with Crippen LogP contribution >= 0.6 is 23.2 Å². The van der Waals surface area contributed by atoms with Gasteiger partial charge in [-0.1, -0.05) is 23.2 Å². The van der Waals surface area contributed by atoms with Gasteiger partial charge in [-0.2, -0.15) is 0 Å². The second-order valence-corrected chi connectivity index (χ2v) is 12.2. The fourth-order valence-corrected chi connectivity index (χ4v) is 6.54. The van der Waals surface area contributed by atoms with E-state index in [1.54, 1.807) is 39.6 Å². The van der Waals surface area contributed by atoms with E-state index in [2.05, 4.69) is 13.8 Å².